The number of carbonyl (C=O) groups excluding carboxylic acids is 2. The van der Waals surface area contributed by atoms with Crippen molar-refractivity contribution in [1.29, 1.82) is 0 Å². The van der Waals surface area contributed by atoms with Crippen LogP contribution in [0.15, 0.2) is 89.8 Å². The number of Topliss-reactive ketones (excluding diaryl/α,β-unsaturated/α-hetero) is 1. The van der Waals surface area contributed by atoms with E-state index >= 15 is 0 Å². The first-order chi connectivity index (χ1) is 12.6. The van der Waals surface area contributed by atoms with Crippen LogP contribution in [0.25, 0.3) is 0 Å². The van der Waals surface area contributed by atoms with Crippen molar-refractivity contribution in [3.05, 3.63) is 96.1 Å². The Bertz CT molecular complexity index is 894. The van der Waals surface area contributed by atoms with Gasteiger partial charge in [0.15, 0.2) is 5.78 Å². The number of carbonyl (C=O) groups is 2. The molecule has 0 saturated heterocycles. The highest BCUT2D eigenvalue weighted by atomic mass is 32.2. The Morgan fingerprint density at radius 2 is 1.50 bits per heavy atom. The van der Waals surface area contributed by atoms with Gasteiger partial charge in [0, 0.05) is 16.1 Å². The lowest BCUT2D eigenvalue weighted by Crippen LogP contribution is -2.19. The first kappa shape index (κ1) is 18.0. The minimum absolute atomic E-state index is 0.0284. The zero-order valence-corrected chi connectivity index (χ0v) is 15.2. The summed E-state index contributed by atoms with van der Waals surface area (Å²) >= 11 is 1.50. The van der Waals surface area contributed by atoms with Gasteiger partial charge in [0.2, 0.25) is 5.91 Å². The Morgan fingerprint density at radius 1 is 0.846 bits per heavy atom. The monoisotopic (exact) mass is 361 g/mol. The summed E-state index contributed by atoms with van der Waals surface area (Å²) in [6, 6.07) is 26.5. The van der Waals surface area contributed by atoms with Crippen molar-refractivity contribution in [2.75, 3.05) is 5.32 Å². The van der Waals surface area contributed by atoms with Crippen LogP contribution in [-0.2, 0) is 4.79 Å². The van der Waals surface area contributed by atoms with E-state index in [2.05, 4.69) is 5.32 Å². The largest absolute Gasteiger partial charge is 0.325 e. The average Bonchev–Trinajstić information content (AvgIpc) is 2.67. The first-order valence-corrected chi connectivity index (χ1v) is 9.20. The summed E-state index contributed by atoms with van der Waals surface area (Å²) in [6.07, 6.45) is 0. The van der Waals surface area contributed by atoms with Gasteiger partial charge in [-0.1, -0.05) is 60.7 Å². The Labute approximate surface area is 157 Å². The van der Waals surface area contributed by atoms with Crippen LogP contribution in [0.2, 0.25) is 0 Å². The van der Waals surface area contributed by atoms with Gasteiger partial charge in [-0.2, -0.15) is 0 Å². The van der Waals surface area contributed by atoms with Crippen LogP contribution in [0.3, 0.4) is 0 Å². The summed E-state index contributed by atoms with van der Waals surface area (Å²) in [4.78, 5) is 25.6. The minimum Gasteiger partial charge on any atom is -0.325 e. The zero-order valence-electron chi connectivity index (χ0n) is 14.4. The molecule has 26 heavy (non-hydrogen) atoms. The number of thioether (sulfide) groups is 1. The molecule has 0 bridgehead atoms. The fourth-order valence-electron chi connectivity index (χ4n) is 2.56. The molecule has 0 unspecified atom stereocenters. The van der Waals surface area contributed by atoms with Crippen molar-refractivity contribution in [2.24, 2.45) is 0 Å². The molecule has 0 saturated carbocycles. The Morgan fingerprint density at radius 3 is 2.15 bits per heavy atom. The van der Waals surface area contributed by atoms with Crippen molar-refractivity contribution in [1.82, 2.24) is 0 Å². The van der Waals surface area contributed by atoms with Gasteiger partial charge in [-0.05, 0) is 36.8 Å². The lowest BCUT2D eigenvalue weighted by Gasteiger charge is -2.17. The minimum atomic E-state index is -0.389. The molecule has 3 aromatic carbocycles. The van der Waals surface area contributed by atoms with Crippen molar-refractivity contribution in [3.63, 3.8) is 0 Å². The summed E-state index contributed by atoms with van der Waals surface area (Å²) in [5.74, 6) is -0.148. The van der Waals surface area contributed by atoms with Gasteiger partial charge >= 0.3 is 0 Å². The number of benzene rings is 3. The van der Waals surface area contributed by atoms with E-state index in [-0.39, 0.29) is 16.9 Å². The van der Waals surface area contributed by atoms with E-state index in [1.165, 1.54) is 18.7 Å². The quantitative estimate of drug-likeness (QED) is 0.475. The van der Waals surface area contributed by atoms with Gasteiger partial charge in [0.05, 0.1) is 0 Å². The molecule has 3 nitrogen and oxygen atoms in total. The molecule has 0 aliphatic rings. The van der Waals surface area contributed by atoms with Crippen LogP contribution >= 0.6 is 11.8 Å². The second-order valence-electron chi connectivity index (χ2n) is 5.85. The fraction of sp³-hybridized carbons (Fsp3) is 0.0909. The number of amides is 1. The van der Waals surface area contributed by atoms with E-state index in [9.17, 15) is 9.59 Å². The predicted octanol–water partition coefficient (Wildman–Crippen LogP) is 5.36. The maximum atomic E-state index is 13.0. The number of hydrogen-bond donors (Lipinski definition) is 1. The summed E-state index contributed by atoms with van der Waals surface area (Å²) in [7, 11) is 0. The maximum Gasteiger partial charge on any atom is 0.242 e. The van der Waals surface area contributed by atoms with Crippen LogP contribution in [-0.4, -0.2) is 11.7 Å². The highest BCUT2D eigenvalue weighted by molar-refractivity contribution is 8.00. The second kappa shape index (κ2) is 8.50. The standard InChI is InChI=1S/C22H19NO2S/c1-16(24)18-11-8-12-19(15-18)23-22(25)21(17-9-4-2-5-10-17)26-20-13-6-3-7-14-20/h2-15,21H,1H3,(H,23,25)/t21-/m0/s1. The van der Waals surface area contributed by atoms with E-state index in [4.69, 9.17) is 0 Å². The molecule has 0 aliphatic heterocycles. The van der Waals surface area contributed by atoms with Crippen molar-refractivity contribution in [3.8, 4) is 0 Å². The van der Waals surface area contributed by atoms with E-state index in [1.54, 1.807) is 24.3 Å². The lowest BCUT2D eigenvalue weighted by molar-refractivity contribution is -0.115. The van der Waals surface area contributed by atoms with Gasteiger partial charge in [-0.15, -0.1) is 11.8 Å². The maximum absolute atomic E-state index is 13.0. The van der Waals surface area contributed by atoms with E-state index in [0.717, 1.165) is 10.5 Å². The molecule has 1 amide bonds. The molecule has 0 radical (unpaired) electrons. The van der Waals surface area contributed by atoms with Crippen molar-refractivity contribution < 1.29 is 9.59 Å². The molecule has 3 aromatic rings. The average molecular weight is 361 g/mol. The third kappa shape index (κ3) is 4.61. The van der Waals surface area contributed by atoms with Gasteiger partial charge in [0.25, 0.3) is 0 Å². The predicted molar refractivity (Wildman–Crippen MR) is 107 cm³/mol. The second-order valence-corrected chi connectivity index (χ2v) is 7.03. The van der Waals surface area contributed by atoms with E-state index in [0.29, 0.717) is 11.3 Å². The topological polar surface area (TPSA) is 46.2 Å². The molecule has 3 rings (SSSR count). The van der Waals surface area contributed by atoms with E-state index < -0.39 is 0 Å². The number of nitrogens with one attached hydrogen (secondary N) is 1. The number of rotatable bonds is 6. The Hall–Kier alpha value is -2.85. The normalized spacial score (nSPS) is 11.6. The van der Waals surface area contributed by atoms with Gasteiger partial charge < -0.3 is 5.32 Å². The molecule has 0 spiro atoms. The third-order valence-electron chi connectivity index (χ3n) is 3.87. The summed E-state index contributed by atoms with van der Waals surface area (Å²) in [6.45, 7) is 1.51. The number of anilines is 1. The number of ketones is 1. The molecular formula is C22H19NO2S. The van der Waals surface area contributed by atoms with E-state index in [1.807, 2.05) is 60.7 Å². The SMILES string of the molecule is CC(=O)c1cccc(NC(=O)[C@@H](Sc2ccccc2)c2ccccc2)c1. The molecule has 0 aromatic heterocycles. The number of hydrogen-bond acceptors (Lipinski definition) is 3. The zero-order chi connectivity index (χ0) is 18.4. The van der Waals surface area contributed by atoms with Crippen LogP contribution < -0.4 is 5.32 Å². The molecule has 1 atom stereocenters. The third-order valence-corrected chi connectivity index (χ3v) is 5.14. The van der Waals surface area contributed by atoms with Gasteiger partial charge in [-0.3, -0.25) is 9.59 Å². The molecule has 0 aliphatic carbocycles. The summed E-state index contributed by atoms with van der Waals surface area (Å²) in [5.41, 5.74) is 2.13. The molecule has 130 valence electrons. The molecule has 0 heterocycles. The highest BCUT2D eigenvalue weighted by Gasteiger charge is 2.22. The molecule has 0 fully saturated rings. The van der Waals surface area contributed by atoms with Gasteiger partial charge in [0.1, 0.15) is 5.25 Å². The van der Waals surface area contributed by atoms with Crippen LogP contribution in [0.1, 0.15) is 28.1 Å². The smallest absolute Gasteiger partial charge is 0.242 e. The Kier molecular flexibility index (Phi) is 5.87. The first-order valence-electron chi connectivity index (χ1n) is 8.32. The van der Waals surface area contributed by atoms with Gasteiger partial charge in [-0.25, -0.2) is 0 Å². The highest BCUT2D eigenvalue weighted by Crippen LogP contribution is 2.36. The van der Waals surface area contributed by atoms with Crippen molar-refractivity contribution >= 4 is 29.1 Å². The molecule has 4 heteroatoms. The fourth-order valence-corrected chi connectivity index (χ4v) is 3.61. The summed E-state index contributed by atoms with van der Waals surface area (Å²) in [5, 5.41) is 2.55. The van der Waals surface area contributed by atoms with Crippen molar-refractivity contribution in [2.45, 2.75) is 17.1 Å². The summed E-state index contributed by atoms with van der Waals surface area (Å²) < 4.78 is 0. The molecule has 1 N–H and O–H groups in total. The van der Waals surface area contributed by atoms with Crippen LogP contribution in [0, 0.1) is 0 Å². The Balaban J connectivity index is 1.85. The molecular weight excluding hydrogens is 342 g/mol. The van der Waals surface area contributed by atoms with Crippen LogP contribution in [0.5, 0.6) is 0 Å². The lowest BCUT2D eigenvalue weighted by atomic mass is 10.1. The van der Waals surface area contributed by atoms with Crippen LogP contribution in [0.4, 0.5) is 5.69 Å².